The lowest BCUT2D eigenvalue weighted by molar-refractivity contribution is 0.783. The molecule has 0 unspecified atom stereocenters. The summed E-state index contributed by atoms with van der Waals surface area (Å²) >= 11 is 3.72. The smallest absolute Gasteiger partial charge is 0.0651 e. The third kappa shape index (κ3) is 3.07. The molecule has 0 amide bonds. The van der Waals surface area contributed by atoms with Gasteiger partial charge in [0.25, 0.3) is 0 Å². The third-order valence-electron chi connectivity index (χ3n) is 2.19. The Kier molecular flexibility index (Phi) is 3.43. The first-order valence-electron chi connectivity index (χ1n) is 4.88. The van der Waals surface area contributed by atoms with Crippen LogP contribution in [0.1, 0.15) is 38.3 Å². The molecular formula is C12H19S+. The minimum absolute atomic E-state index is 0.0871. The molecule has 0 radical (unpaired) electrons. The zero-order valence-corrected chi connectivity index (χ0v) is 9.72. The molecule has 0 aliphatic carbocycles. The molecule has 0 saturated carbocycles. The van der Waals surface area contributed by atoms with Crippen molar-refractivity contribution in [1.82, 2.24) is 0 Å². The topological polar surface area (TPSA) is 0 Å². The van der Waals surface area contributed by atoms with Crippen molar-refractivity contribution >= 4 is 12.6 Å². The van der Waals surface area contributed by atoms with Crippen molar-refractivity contribution in [3.8, 4) is 0 Å². The fraction of sp³-hybridized carbons (Fsp3) is 0.500. The van der Waals surface area contributed by atoms with Crippen LogP contribution in [0.5, 0.6) is 0 Å². The van der Waals surface area contributed by atoms with Crippen LogP contribution >= 0.6 is 0 Å². The van der Waals surface area contributed by atoms with Crippen molar-refractivity contribution in [3.63, 3.8) is 0 Å². The van der Waals surface area contributed by atoms with Gasteiger partial charge in [-0.25, -0.2) is 0 Å². The van der Waals surface area contributed by atoms with E-state index >= 15 is 0 Å². The Morgan fingerprint density at radius 1 is 1.31 bits per heavy atom. The fourth-order valence-electron chi connectivity index (χ4n) is 1.40. The van der Waals surface area contributed by atoms with Gasteiger partial charge < -0.3 is 0 Å². The predicted octanol–water partition coefficient (Wildman–Crippen LogP) is 2.89. The van der Waals surface area contributed by atoms with Crippen LogP contribution in [-0.2, 0) is 23.8 Å². The number of benzene rings is 1. The lowest BCUT2D eigenvalue weighted by Crippen LogP contribution is -2.12. The van der Waals surface area contributed by atoms with Crippen molar-refractivity contribution in [1.29, 1.82) is 0 Å². The van der Waals surface area contributed by atoms with E-state index < -0.39 is 0 Å². The van der Waals surface area contributed by atoms with E-state index in [2.05, 4.69) is 57.7 Å². The van der Waals surface area contributed by atoms with E-state index in [1.54, 1.807) is 0 Å². The van der Waals surface area contributed by atoms with Crippen LogP contribution < -0.4 is 0 Å². The highest BCUT2D eigenvalue weighted by Gasteiger charge is 2.20. The molecule has 72 valence electrons. The molecule has 0 heterocycles. The number of aryl methyl sites for hydroxylation is 1. The Hall–Kier alpha value is -0.430. The van der Waals surface area contributed by atoms with Crippen LogP contribution in [0.2, 0.25) is 0 Å². The van der Waals surface area contributed by atoms with Crippen molar-refractivity contribution in [3.05, 3.63) is 35.4 Å². The van der Waals surface area contributed by atoms with Gasteiger partial charge in [-0.15, -0.1) is 0 Å². The maximum Gasteiger partial charge on any atom is 0.143 e. The molecule has 1 aromatic rings. The average molecular weight is 195 g/mol. The van der Waals surface area contributed by atoms with Crippen molar-refractivity contribution < 1.29 is 0 Å². The molecule has 0 bridgehead atoms. The summed E-state index contributed by atoms with van der Waals surface area (Å²) in [6.07, 6.45) is 2.39. The van der Waals surface area contributed by atoms with Gasteiger partial charge >= 0.3 is 0 Å². The lowest BCUT2D eigenvalue weighted by Gasteiger charge is -2.12. The summed E-state index contributed by atoms with van der Waals surface area (Å²) in [6, 6.07) is 8.80. The summed E-state index contributed by atoms with van der Waals surface area (Å²) in [6.45, 7) is 6.56. The molecular weight excluding hydrogens is 176 g/mol. The van der Waals surface area contributed by atoms with Crippen molar-refractivity contribution in [2.24, 2.45) is 0 Å². The van der Waals surface area contributed by atoms with Gasteiger partial charge in [0.15, 0.2) is 0 Å². The molecule has 1 aromatic carbocycles. The van der Waals surface area contributed by atoms with Crippen LogP contribution in [0.3, 0.4) is 0 Å². The first kappa shape index (κ1) is 10.6. The van der Waals surface area contributed by atoms with E-state index in [0.29, 0.717) is 0 Å². The van der Waals surface area contributed by atoms with E-state index in [4.69, 9.17) is 0 Å². The lowest BCUT2D eigenvalue weighted by atomic mass is 9.98. The molecule has 13 heavy (non-hydrogen) atoms. The van der Waals surface area contributed by atoms with Gasteiger partial charge in [0.1, 0.15) is 4.75 Å². The van der Waals surface area contributed by atoms with Gasteiger partial charge in [0.2, 0.25) is 0 Å². The predicted molar refractivity (Wildman–Crippen MR) is 63.6 cm³/mol. The molecule has 0 aromatic heterocycles. The summed E-state index contributed by atoms with van der Waals surface area (Å²) in [7, 11) is 0. The van der Waals surface area contributed by atoms with Gasteiger partial charge in [0, 0.05) is 5.56 Å². The Bertz CT molecular complexity index is 271. The zero-order valence-electron chi connectivity index (χ0n) is 8.72. The van der Waals surface area contributed by atoms with Crippen LogP contribution in [0.4, 0.5) is 0 Å². The number of hydrogen-bond donors (Lipinski definition) is 0. The largest absolute Gasteiger partial charge is 0.143 e. The number of hydrogen-bond acceptors (Lipinski definition) is 0. The molecule has 0 aliphatic heterocycles. The highest BCUT2D eigenvalue weighted by molar-refractivity contribution is 7.59. The summed E-state index contributed by atoms with van der Waals surface area (Å²) in [5.74, 6) is 0. The summed E-state index contributed by atoms with van der Waals surface area (Å²) in [4.78, 5) is 0. The Morgan fingerprint density at radius 2 is 2.00 bits per heavy atom. The van der Waals surface area contributed by atoms with E-state index in [1.807, 2.05) is 0 Å². The summed E-state index contributed by atoms with van der Waals surface area (Å²) in [5.41, 5.74) is 2.79. The molecule has 0 N–H and O–H groups in total. The van der Waals surface area contributed by atoms with Crippen LogP contribution in [-0.4, -0.2) is 0 Å². The van der Waals surface area contributed by atoms with E-state index in [1.165, 1.54) is 24.0 Å². The molecule has 0 saturated heterocycles. The fourth-order valence-corrected chi connectivity index (χ4v) is 1.56. The molecule has 0 nitrogen and oxygen atoms in total. The SMILES string of the molecule is CCCc1cccc(C(C)(C)[SH2+])c1. The standard InChI is InChI=1S/C12H18S/c1-4-6-10-7-5-8-11(9-10)12(2,3)13/h5,7-9,13H,4,6H2,1-3H3/p+1. The summed E-state index contributed by atoms with van der Waals surface area (Å²) < 4.78 is 0.0871. The van der Waals surface area contributed by atoms with E-state index in [0.717, 1.165) is 0 Å². The minimum atomic E-state index is 0.0871. The highest BCUT2D eigenvalue weighted by Crippen LogP contribution is 2.22. The van der Waals surface area contributed by atoms with Gasteiger partial charge in [-0.2, -0.15) is 0 Å². The van der Waals surface area contributed by atoms with Gasteiger partial charge in [0.05, 0.1) is 0 Å². The molecule has 0 atom stereocenters. The third-order valence-corrected chi connectivity index (χ3v) is 2.48. The Labute approximate surface area is 86.8 Å². The molecule has 0 fully saturated rings. The molecule has 1 rings (SSSR count). The number of rotatable bonds is 3. The van der Waals surface area contributed by atoms with E-state index in [-0.39, 0.29) is 4.75 Å². The maximum absolute atomic E-state index is 3.72. The minimum Gasteiger partial charge on any atom is -0.0651 e. The first-order chi connectivity index (χ1) is 6.04. The second-order valence-electron chi connectivity index (χ2n) is 4.08. The van der Waals surface area contributed by atoms with Crippen molar-refractivity contribution in [2.45, 2.75) is 38.4 Å². The average Bonchev–Trinajstić information content (AvgIpc) is 2.04. The monoisotopic (exact) mass is 195 g/mol. The molecule has 1 heteroatoms. The quantitative estimate of drug-likeness (QED) is 0.651. The van der Waals surface area contributed by atoms with E-state index in [9.17, 15) is 0 Å². The van der Waals surface area contributed by atoms with Crippen LogP contribution in [0.15, 0.2) is 24.3 Å². The maximum atomic E-state index is 3.72. The zero-order chi connectivity index (χ0) is 9.90. The highest BCUT2D eigenvalue weighted by atomic mass is 32.1. The Morgan fingerprint density at radius 3 is 2.54 bits per heavy atom. The molecule has 0 spiro atoms. The first-order valence-corrected chi connectivity index (χ1v) is 5.38. The molecule has 0 aliphatic rings. The second kappa shape index (κ2) is 4.19. The van der Waals surface area contributed by atoms with Crippen molar-refractivity contribution in [2.75, 3.05) is 0 Å². The van der Waals surface area contributed by atoms with Gasteiger partial charge in [-0.1, -0.05) is 37.6 Å². The normalized spacial score (nSPS) is 11.7. The van der Waals surface area contributed by atoms with Gasteiger partial charge in [-0.05, 0) is 38.5 Å². The second-order valence-corrected chi connectivity index (χ2v) is 5.33. The van der Waals surface area contributed by atoms with Gasteiger partial charge in [-0.3, -0.25) is 0 Å². The Balaban J connectivity index is 2.92. The van der Waals surface area contributed by atoms with Crippen LogP contribution in [0, 0.1) is 0 Å². The summed E-state index contributed by atoms with van der Waals surface area (Å²) in [5, 5.41) is 0. The van der Waals surface area contributed by atoms with Crippen LogP contribution in [0.25, 0.3) is 0 Å².